The van der Waals surface area contributed by atoms with E-state index in [2.05, 4.69) is 11.5 Å². The van der Waals surface area contributed by atoms with E-state index in [4.69, 9.17) is 10.5 Å². The zero-order valence-corrected chi connectivity index (χ0v) is 18.2. The molecule has 0 unspecified atom stereocenters. The molecule has 0 saturated heterocycles. The van der Waals surface area contributed by atoms with Crippen molar-refractivity contribution in [2.75, 3.05) is 0 Å². The standard InChI is InChI=1S/C26H23N3O4/c1-2-3-4-5-10-29-23-8-6-17(11-19(15-27)25(30)31)13-21(23)22-14-18(7-9-24(22)29)12-20(16-28)26(32)33/h6-9,11-14H,2-5,10H2,1H3,(H,30,31)(H,32,33). The lowest BCUT2D eigenvalue weighted by Gasteiger charge is -2.07. The van der Waals surface area contributed by atoms with Crippen LogP contribution in [0.3, 0.4) is 0 Å². The predicted molar refractivity (Wildman–Crippen MR) is 126 cm³/mol. The van der Waals surface area contributed by atoms with Gasteiger partial charge >= 0.3 is 11.9 Å². The van der Waals surface area contributed by atoms with Gasteiger partial charge in [-0.15, -0.1) is 0 Å². The van der Waals surface area contributed by atoms with E-state index in [-0.39, 0.29) is 11.1 Å². The van der Waals surface area contributed by atoms with Crippen LogP contribution in [0.25, 0.3) is 34.0 Å². The number of aromatic nitrogens is 1. The number of carbonyl (C=O) groups is 2. The summed E-state index contributed by atoms with van der Waals surface area (Å²) >= 11 is 0. The second-order valence-electron chi connectivity index (χ2n) is 7.72. The summed E-state index contributed by atoms with van der Waals surface area (Å²) in [7, 11) is 0. The minimum Gasteiger partial charge on any atom is -0.477 e. The van der Waals surface area contributed by atoms with Crippen LogP contribution in [0.1, 0.15) is 43.7 Å². The molecule has 0 aliphatic heterocycles. The highest BCUT2D eigenvalue weighted by molar-refractivity contribution is 6.10. The van der Waals surface area contributed by atoms with Crippen molar-refractivity contribution in [3.05, 3.63) is 58.7 Å². The summed E-state index contributed by atoms with van der Waals surface area (Å²) in [5.41, 5.74) is 2.37. The largest absolute Gasteiger partial charge is 0.477 e. The molecule has 0 bridgehead atoms. The number of rotatable bonds is 9. The van der Waals surface area contributed by atoms with E-state index in [1.165, 1.54) is 12.2 Å². The highest BCUT2D eigenvalue weighted by Gasteiger charge is 2.14. The Balaban J connectivity index is 2.21. The molecule has 33 heavy (non-hydrogen) atoms. The smallest absolute Gasteiger partial charge is 0.346 e. The predicted octanol–water partition coefficient (Wildman–Crippen LogP) is 5.36. The van der Waals surface area contributed by atoms with Crippen molar-refractivity contribution in [1.82, 2.24) is 4.57 Å². The van der Waals surface area contributed by atoms with Crippen LogP contribution in [0.4, 0.5) is 0 Å². The molecule has 7 nitrogen and oxygen atoms in total. The number of carboxylic acid groups (broad SMARTS) is 2. The molecule has 3 aromatic rings. The van der Waals surface area contributed by atoms with E-state index in [1.807, 2.05) is 24.3 Å². The number of fused-ring (bicyclic) bond motifs is 3. The topological polar surface area (TPSA) is 127 Å². The van der Waals surface area contributed by atoms with Crippen LogP contribution in [0.5, 0.6) is 0 Å². The van der Waals surface area contributed by atoms with Crippen molar-refractivity contribution in [3.8, 4) is 12.1 Å². The van der Waals surface area contributed by atoms with Gasteiger partial charge in [-0.3, -0.25) is 0 Å². The van der Waals surface area contributed by atoms with Crippen molar-refractivity contribution in [3.63, 3.8) is 0 Å². The highest BCUT2D eigenvalue weighted by atomic mass is 16.4. The maximum Gasteiger partial charge on any atom is 0.346 e. The molecule has 0 atom stereocenters. The van der Waals surface area contributed by atoms with Gasteiger partial charge in [0.15, 0.2) is 0 Å². The van der Waals surface area contributed by atoms with E-state index < -0.39 is 11.9 Å². The minimum atomic E-state index is -1.29. The van der Waals surface area contributed by atoms with E-state index in [0.29, 0.717) is 11.1 Å². The lowest BCUT2D eigenvalue weighted by molar-refractivity contribution is -0.133. The number of hydrogen-bond acceptors (Lipinski definition) is 4. The fourth-order valence-electron chi connectivity index (χ4n) is 3.87. The number of aliphatic carboxylic acids is 2. The van der Waals surface area contributed by atoms with Crippen LogP contribution in [-0.4, -0.2) is 26.7 Å². The fraction of sp³-hybridized carbons (Fsp3) is 0.231. The quantitative estimate of drug-likeness (QED) is 0.261. The maximum absolute atomic E-state index is 11.2. The molecule has 0 fully saturated rings. The Hall–Kier alpha value is -4.36. The van der Waals surface area contributed by atoms with Gasteiger partial charge < -0.3 is 14.8 Å². The first-order valence-electron chi connectivity index (χ1n) is 10.7. The molecule has 1 heterocycles. The number of benzene rings is 2. The Morgan fingerprint density at radius 1 is 0.848 bits per heavy atom. The number of hydrogen-bond donors (Lipinski definition) is 2. The molecule has 0 saturated carbocycles. The number of carboxylic acids is 2. The molecule has 0 amide bonds. The van der Waals surface area contributed by atoms with Gasteiger partial charge in [0.05, 0.1) is 0 Å². The number of aryl methyl sites for hydroxylation is 1. The molecule has 0 aliphatic carbocycles. The average Bonchev–Trinajstić information content (AvgIpc) is 3.10. The average molecular weight is 441 g/mol. The van der Waals surface area contributed by atoms with Gasteiger partial charge in [0.1, 0.15) is 23.3 Å². The molecule has 3 rings (SSSR count). The molecule has 2 N–H and O–H groups in total. The zero-order chi connectivity index (χ0) is 24.0. The first-order chi connectivity index (χ1) is 15.9. The summed E-state index contributed by atoms with van der Waals surface area (Å²) in [6.07, 6.45) is 7.05. The molecular formula is C26H23N3O4. The summed E-state index contributed by atoms with van der Waals surface area (Å²) < 4.78 is 2.20. The molecular weight excluding hydrogens is 418 g/mol. The molecule has 2 aromatic carbocycles. The molecule has 0 spiro atoms. The third kappa shape index (κ3) is 5.11. The van der Waals surface area contributed by atoms with Crippen LogP contribution in [0, 0.1) is 22.7 Å². The number of unbranched alkanes of at least 4 members (excludes halogenated alkanes) is 3. The molecule has 166 valence electrons. The second-order valence-corrected chi connectivity index (χ2v) is 7.72. The lowest BCUT2D eigenvalue weighted by atomic mass is 10.0. The lowest BCUT2D eigenvalue weighted by Crippen LogP contribution is -1.98. The molecule has 7 heteroatoms. The Kier molecular flexibility index (Phi) is 7.27. The van der Waals surface area contributed by atoms with Crippen LogP contribution in [-0.2, 0) is 16.1 Å². The van der Waals surface area contributed by atoms with Gasteiger partial charge in [-0.25, -0.2) is 9.59 Å². The van der Waals surface area contributed by atoms with Crippen molar-refractivity contribution in [1.29, 1.82) is 10.5 Å². The van der Waals surface area contributed by atoms with Crippen molar-refractivity contribution in [2.45, 2.75) is 39.2 Å². The van der Waals surface area contributed by atoms with Gasteiger partial charge in [0, 0.05) is 28.4 Å². The highest BCUT2D eigenvalue weighted by Crippen LogP contribution is 2.32. The van der Waals surface area contributed by atoms with Crippen LogP contribution in [0.2, 0.25) is 0 Å². The third-order valence-corrected chi connectivity index (χ3v) is 5.47. The van der Waals surface area contributed by atoms with E-state index in [9.17, 15) is 19.8 Å². The van der Waals surface area contributed by atoms with Gasteiger partial charge in [-0.05, 0) is 54.0 Å². The van der Waals surface area contributed by atoms with Crippen molar-refractivity contribution < 1.29 is 19.8 Å². The first kappa shape index (κ1) is 23.3. The first-order valence-corrected chi connectivity index (χ1v) is 10.7. The molecule has 0 aliphatic rings. The second kappa shape index (κ2) is 10.3. The monoisotopic (exact) mass is 441 g/mol. The summed E-state index contributed by atoms with van der Waals surface area (Å²) in [6, 6.07) is 14.4. The summed E-state index contributed by atoms with van der Waals surface area (Å²) in [5, 5.41) is 38.3. The van der Waals surface area contributed by atoms with E-state index in [1.54, 1.807) is 24.3 Å². The molecule has 0 radical (unpaired) electrons. The summed E-state index contributed by atoms with van der Waals surface area (Å²) in [6.45, 7) is 2.96. The Morgan fingerprint density at radius 2 is 1.33 bits per heavy atom. The maximum atomic E-state index is 11.2. The molecule has 1 aromatic heterocycles. The van der Waals surface area contributed by atoms with Gasteiger partial charge in [-0.1, -0.05) is 38.3 Å². The normalized spacial score (nSPS) is 12.0. The third-order valence-electron chi connectivity index (χ3n) is 5.47. The van der Waals surface area contributed by atoms with Crippen LogP contribution < -0.4 is 0 Å². The van der Waals surface area contributed by atoms with Crippen LogP contribution in [0.15, 0.2) is 47.5 Å². The summed E-state index contributed by atoms with van der Waals surface area (Å²) in [4.78, 5) is 22.5. The van der Waals surface area contributed by atoms with Gasteiger partial charge in [0.25, 0.3) is 0 Å². The number of nitriles is 2. The fourth-order valence-corrected chi connectivity index (χ4v) is 3.87. The van der Waals surface area contributed by atoms with E-state index >= 15 is 0 Å². The number of nitrogens with zero attached hydrogens (tertiary/aromatic N) is 3. The Labute approximate surface area is 191 Å². The van der Waals surface area contributed by atoms with E-state index in [0.717, 1.165) is 54.0 Å². The Morgan fingerprint density at radius 3 is 1.73 bits per heavy atom. The minimum absolute atomic E-state index is 0.360. The van der Waals surface area contributed by atoms with Crippen LogP contribution >= 0.6 is 0 Å². The van der Waals surface area contributed by atoms with Crippen molar-refractivity contribution >= 4 is 45.9 Å². The van der Waals surface area contributed by atoms with Gasteiger partial charge in [0.2, 0.25) is 0 Å². The zero-order valence-electron chi connectivity index (χ0n) is 18.2. The summed E-state index contributed by atoms with van der Waals surface area (Å²) in [5.74, 6) is -2.58. The SMILES string of the molecule is CCCCCCn1c2ccc(C=C(C#N)C(=O)O)cc2c2cc(C=C(C#N)C(=O)O)ccc21. The Bertz CT molecular complexity index is 1280. The van der Waals surface area contributed by atoms with Gasteiger partial charge in [-0.2, -0.15) is 10.5 Å². The van der Waals surface area contributed by atoms with Crippen molar-refractivity contribution in [2.24, 2.45) is 0 Å².